The average molecular weight is 210 g/mol. The van der Waals surface area contributed by atoms with Gasteiger partial charge in [0.1, 0.15) is 0 Å². The molecule has 1 unspecified atom stereocenters. The summed E-state index contributed by atoms with van der Waals surface area (Å²) in [6.45, 7) is 3.52. The van der Waals surface area contributed by atoms with E-state index in [1.165, 1.54) is 6.20 Å². The Labute approximate surface area is 87.1 Å². The van der Waals surface area contributed by atoms with Gasteiger partial charge >= 0.3 is 5.97 Å². The quantitative estimate of drug-likeness (QED) is 0.635. The van der Waals surface area contributed by atoms with Gasteiger partial charge in [-0.05, 0) is 12.8 Å². The maximum Gasteiger partial charge on any atom is 0.341 e. The number of hydrogen-bond acceptors (Lipinski definition) is 3. The molecule has 0 spiro atoms. The van der Waals surface area contributed by atoms with Crippen LogP contribution in [0.25, 0.3) is 0 Å². The molecule has 1 aliphatic carbocycles. The number of carboxylic acids is 1. The zero-order valence-electron chi connectivity index (χ0n) is 8.74. The molecule has 1 aliphatic rings. The minimum atomic E-state index is -1.84. The van der Waals surface area contributed by atoms with E-state index in [4.69, 9.17) is 0 Å². The lowest BCUT2D eigenvalue weighted by atomic mass is 9.64. The zero-order chi connectivity index (χ0) is 11.3. The van der Waals surface area contributed by atoms with E-state index in [9.17, 15) is 15.0 Å². The Morgan fingerprint density at radius 3 is 2.87 bits per heavy atom. The van der Waals surface area contributed by atoms with Crippen LogP contribution in [0, 0.1) is 5.41 Å². The van der Waals surface area contributed by atoms with Gasteiger partial charge in [0.15, 0.2) is 5.60 Å². The van der Waals surface area contributed by atoms with E-state index in [1.807, 2.05) is 0 Å². The molecule has 0 bridgehead atoms. The maximum absolute atomic E-state index is 11.3. The molecule has 0 aliphatic heterocycles. The van der Waals surface area contributed by atoms with E-state index in [1.54, 1.807) is 13.8 Å². The second kappa shape index (κ2) is 2.82. The number of carbonyl (C=O) groups is 1. The van der Waals surface area contributed by atoms with E-state index >= 15 is 0 Å². The van der Waals surface area contributed by atoms with E-state index in [0.29, 0.717) is 12.0 Å². The number of nitrogens with one attached hydrogen (secondary N) is 1. The predicted octanol–water partition coefficient (Wildman–Crippen LogP) is 0.654. The molecule has 1 aromatic rings. The summed E-state index contributed by atoms with van der Waals surface area (Å²) < 4.78 is 0. The van der Waals surface area contributed by atoms with E-state index < -0.39 is 17.0 Å². The van der Waals surface area contributed by atoms with Crippen LogP contribution in [-0.2, 0) is 16.8 Å². The van der Waals surface area contributed by atoms with Crippen molar-refractivity contribution < 1.29 is 15.0 Å². The summed E-state index contributed by atoms with van der Waals surface area (Å²) in [7, 11) is 0. The number of aliphatic carboxylic acids is 1. The van der Waals surface area contributed by atoms with Crippen molar-refractivity contribution >= 4 is 5.97 Å². The highest BCUT2D eigenvalue weighted by Gasteiger charge is 2.55. The molecule has 15 heavy (non-hydrogen) atoms. The van der Waals surface area contributed by atoms with Gasteiger partial charge in [-0.3, -0.25) is 5.10 Å². The molecular weight excluding hydrogens is 196 g/mol. The molecule has 0 saturated carbocycles. The van der Waals surface area contributed by atoms with Crippen molar-refractivity contribution in [1.29, 1.82) is 0 Å². The molecule has 1 heterocycles. The van der Waals surface area contributed by atoms with Gasteiger partial charge < -0.3 is 10.2 Å². The lowest BCUT2D eigenvalue weighted by Gasteiger charge is -2.42. The van der Waals surface area contributed by atoms with Gasteiger partial charge in [0.05, 0.1) is 6.20 Å². The fourth-order valence-electron chi connectivity index (χ4n) is 2.20. The van der Waals surface area contributed by atoms with Crippen molar-refractivity contribution in [3.05, 3.63) is 17.5 Å². The standard InChI is InChI=1S/C10H14N2O3/c1-9(2)4-3-7-6(5-11-12-7)10(9,15)8(13)14/h5,15H,3-4H2,1-2H3,(H,11,12)(H,13,14). The predicted molar refractivity (Wildman–Crippen MR) is 52.2 cm³/mol. The summed E-state index contributed by atoms with van der Waals surface area (Å²) in [5.74, 6) is -1.21. The molecular formula is C10H14N2O3. The first-order valence-corrected chi connectivity index (χ1v) is 4.88. The number of aliphatic hydroxyl groups is 1. The first kappa shape index (κ1) is 10.2. The van der Waals surface area contributed by atoms with Gasteiger partial charge in [0.2, 0.25) is 0 Å². The highest BCUT2D eigenvalue weighted by atomic mass is 16.4. The van der Waals surface area contributed by atoms with Crippen molar-refractivity contribution in [3.63, 3.8) is 0 Å². The Kier molecular flexibility index (Phi) is 1.91. The highest BCUT2D eigenvalue weighted by molar-refractivity contribution is 5.81. The Hall–Kier alpha value is -1.36. The number of nitrogens with zero attached hydrogens (tertiary/aromatic N) is 1. The minimum absolute atomic E-state index is 0.395. The number of rotatable bonds is 1. The zero-order valence-corrected chi connectivity index (χ0v) is 8.74. The lowest BCUT2D eigenvalue weighted by Crippen LogP contribution is -2.51. The number of carboxylic acid groups (broad SMARTS) is 1. The fourth-order valence-corrected chi connectivity index (χ4v) is 2.20. The Morgan fingerprint density at radius 1 is 1.60 bits per heavy atom. The molecule has 2 rings (SSSR count). The van der Waals surface area contributed by atoms with Crippen LogP contribution in [0.4, 0.5) is 0 Å². The summed E-state index contributed by atoms with van der Waals surface area (Å²) in [4.78, 5) is 11.3. The normalized spacial score (nSPS) is 28.5. The van der Waals surface area contributed by atoms with Crippen LogP contribution in [0.3, 0.4) is 0 Å². The largest absolute Gasteiger partial charge is 0.479 e. The SMILES string of the molecule is CC1(C)CCc2[nH]ncc2C1(O)C(=O)O. The van der Waals surface area contributed by atoms with Gasteiger partial charge in [0, 0.05) is 16.7 Å². The Morgan fingerprint density at radius 2 is 2.27 bits per heavy atom. The second-order valence-corrected chi connectivity index (χ2v) is 4.66. The smallest absolute Gasteiger partial charge is 0.341 e. The molecule has 0 radical (unpaired) electrons. The maximum atomic E-state index is 11.3. The number of hydrogen-bond donors (Lipinski definition) is 3. The first-order chi connectivity index (χ1) is 6.89. The van der Waals surface area contributed by atoms with Crippen molar-refractivity contribution in [2.45, 2.75) is 32.3 Å². The lowest BCUT2D eigenvalue weighted by molar-refractivity contribution is -0.177. The second-order valence-electron chi connectivity index (χ2n) is 4.66. The third-order valence-electron chi connectivity index (χ3n) is 3.40. The molecule has 0 amide bonds. The van der Waals surface area contributed by atoms with Crippen molar-refractivity contribution in [2.24, 2.45) is 5.41 Å². The molecule has 1 aromatic heterocycles. The van der Waals surface area contributed by atoms with Crippen molar-refractivity contribution in [3.8, 4) is 0 Å². The van der Waals surface area contributed by atoms with Gasteiger partial charge in [-0.2, -0.15) is 5.10 Å². The van der Waals surface area contributed by atoms with Crippen LogP contribution in [0.5, 0.6) is 0 Å². The van der Waals surface area contributed by atoms with Crippen LogP contribution in [0.2, 0.25) is 0 Å². The van der Waals surface area contributed by atoms with Gasteiger partial charge in [-0.25, -0.2) is 4.79 Å². The number of aryl methyl sites for hydroxylation is 1. The molecule has 0 saturated heterocycles. The summed E-state index contributed by atoms with van der Waals surface area (Å²) in [5, 5.41) is 26.1. The van der Waals surface area contributed by atoms with Gasteiger partial charge in [0.25, 0.3) is 0 Å². The number of fused-ring (bicyclic) bond motifs is 1. The summed E-state index contributed by atoms with van der Waals surface area (Å²) in [6, 6.07) is 0. The molecule has 3 N–H and O–H groups in total. The van der Waals surface area contributed by atoms with Gasteiger partial charge in [-0.15, -0.1) is 0 Å². The van der Waals surface area contributed by atoms with Crippen LogP contribution in [-0.4, -0.2) is 26.4 Å². The molecule has 0 fully saturated rings. The van der Waals surface area contributed by atoms with Crippen molar-refractivity contribution in [2.75, 3.05) is 0 Å². The van der Waals surface area contributed by atoms with E-state index in [2.05, 4.69) is 10.2 Å². The Balaban J connectivity index is 2.64. The molecule has 5 heteroatoms. The average Bonchev–Trinajstić information content (AvgIpc) is 2.60. The van der Waals surface area contributed by atoms with E-state index in [0.717, 1.165) is 12.1 Å². The summed E-state index contributed by atoms with van der Waals surface area (Å²) in [6.07, 6.45) is 2.74. The molecule has 82 valence electrons. The Bertz CT molecular complexity index is 411. The first-order valence-electron chi connectivity index (χ1n) is 4.88. The molecule has 0 aromatic carbocycles. The van der Waals surface area contributed by atoms with Crippen LogP contribution in [0.15, 0.2) is 6.20 Å². The van der Waals surface area contributed by atoms with Crippen molar-refractivity contribution in [1.82, 2.24) is 10.2 Å². The molecule has 1 atom stereocenters. The summed E-state index contributed by atoms with van der Waals surface area (Å²) in [5.41, 5.74) is -1.41. The third kappa shape index (κ3) is 1.13. The van der Waals surface area contributed by atoms with Crippen LogP contribution < -0.4 is 0 Å². The molecule has 5 nitrogen and oxygen atoms in total. The number of aromatic nitrogens is 2. The fraction of sp³-hybridized carbons (Fsp3) is 0.600. The van der Waals surface area contributed by atoms with E-state index in [-0.39, 0.29) is 0 Å². The van der Waals surface area contributed by atoms with Gasteiger partial charge in [-0.1, -0.05) is 13.8 Å². The van der Waals surface area contributed by atoms with Crippen LogP contribution >= 0.6 is 0 Å². The van der Waals surface area contributed by atoms with Crippen LogP contribution in [0.1, 0.15) is 31.5 Å². The number of aromatic amines is 1. The topological polar surface area (TPSA) is 86.2 Å². The third-order valence-corrected chi connectivity index (χ3v) is 3.40. The summed E-state index contributed by atoms with van der Waals surface area (Å²) >= 11 is 0. The number of H-pyrrole nitrogens is 1. The highest BCUT2D eigenvalue weighted by Crippen LogP contribution is 2.47. The monoisotopic (exact) mass is 210 g/mol. The minimum Gasteiger partial charge on any atom is -0.479 e.